The van der Waals surface area contributed by atoms with E-state index in [1.54, 1.807) is 0 Å². The zero-order valence-electron chi connectivity index (χ0n) is 12.6. The Labute approximate surface area is 118 Å². The SMILES string of the molecule is CCNC(CC1CCCC1)C1CCOC2(CCC2)C1. The highest BCUT2D eigenvalue weighted by Gasteiger charge is 2.44. The van der Waals surface area contributed by atoms with Gasteiger partial charge in [0.15, 0.2) is 0 Å². The molecule has 3 fully saturated rings. The minimum atomic E-state index is 0.312. The number of nitrogens with one attached hydrogen (secondary N) is 1. The quantitative estimate of drug-likeness (QED) is 0.814. The van der Waals surface area contributed by atoms with Gasteiger partial charge in [-0.15, -0.1) is 0 Å². The summed E-state index contributed by atoms with van der Waals surface area (Å²) in [5.74, 6) is 1.87. The van der Waals surface area contributed by atoms with Crippen molar-refractivity contribution in [3.05, 3.63) is 0 Å². The van der Waals surface area contributed by atoms with E-state index < -0.39 is 0 Å². The van der Waals surface area contributed by atoms with E-state index in [4.69, 9.17) is 4.74 Å². The number of ether oxygens (including phenoxy) is 1. The van der Waals surface area contributed by atoms with Gasteiger partial charge in [-0.05, 0) is 56.9 Å². The van der Waals surface area contributed by atoms with E-state index >= 15 is 0 Å². The Kier molecular flexibility index (Phi) is 4.48. The lowest BCUT2D eigenvalue weighted by Crippen LogP contribution is -2.50. The van der Waals surface area contributed by atoms with Crippen LogP contribution in [0.15, 0.2) is 0 Å². The Hall–Kier alpha value is -0.0800. The molecule has 1 aliphatic heterocycles. The van der Waals surface area contributed by atoms with Gasteiger partial charge in [-0.3, -0.25) is 0 Å². The van der Waals surface area contributed by atoms with Crippen molar-refractivity contribution >= 4 is 0 Å². The van der Waals surface area contributed by atoms with Crippen LogP contribution in [0.25, 0.3) is 0 Å². The molecule has 3 aliphatic rings. The zero-order chi connectivity index (χ0) is 13.1. The van der Waals surface area contributed by atoms with Crippen LogP contribution in [0.2, 0.25) is 0 Å². The van der Waals surface area contributed by atoms with E-state index in [-0.39, 0.29) is 0 Å². The third-order valence-electron chi connectivity index (χ3n) is 5.89. The van der Waals surface area contributed by atoms with Gasteiger partial charge in [-0.2, -0.15) is 0 Å². The van der Waals surface area contributed by atoms with Crippen LogP contribution in [-0.4, -0.2) is 24.8 Å². The summed E-state index contributed by atoms with van der Waals surface area (Å²) in [6.45, 7) is 4.40. The van der Waals surface area contributed by atoms with Crippen LogP contribution in [0.3, 0.4) is 0 Å². The smallest absolute Gasteiger partial charge is 0.0685 e. The van der Waals surface area contributed by atoms with E-state index in [9.17, 15) is 0 Å². The molecule has 2 unspecified atom stereocenters. The Morgan fingerprint density at radius 1 is 1.16 bits per heavy atom. The number of hydrogen-bond donors (Lipinski definition) is 1. The molecule has 0 amide bonds. The van der Waals surface area contributed by atoms with Crippen LogP contribution in [0.4, 0.5) is 0 Å². The summed E-state index contributed by atoms with van der Waals surface area (Å²) in [4.78, 5) is 0. The minimum absolute atomic E-state index is 0.312. The summed E-state index contributed by atoms with van der Waals surface area (Å²) >= 11 is 0. The maximum absolute atomic E-state index is 6.10. The van der Waals surface area contributed by atoms with Crippen LogP contribution < -0.4 is 5.32 Å². The van der Waals surface area contributed by atoms with E-state index in [0.717, 1.165) is 31.0 Å². The summed E-state index contributed by atoms with van der Waals surface area (Å²) in [6.07, 6.45) is 14.0. The van der Waals surface area contributed by atoms with Gasteiger partial charge in [0.2, 0.25) is 0 Å². The Morgan fingerprint density at radius 2 is 1.95 bits per heavy atom. The third-order valence-corrected chi connectivity index (χ3v) is 5.89. The molecule has 2 atom stereocenters. The van der Waals surface area contributed by atoms with Gasteiger partial charge in [0.05, 0.1) is 5.60 Å². The molecule has 0 aromatic rings. The first-order chi connectivity index (χ1) is 9.31. The standard InChI is InChI=1S/C17H31NO/c1-2-18-16(12-14-6-3-4-7-14)15-8-11-19-17(13-15)9-5-10-17/h14-16,18H,2-13H2,1H3. The highest BCUT2D eigenvalue weighted by molar-refractivity contribution is 4.97. The predicted molar refractivity (Wildman–Crippen MR) is 79.3 cm³/mol. The molecule has 3 rings (SSSR count). The lowest BCUT2D eigenvalue weighted by molar-refractivity contribution is -0.147. The fourth-order valence-electron chi connectivity index (χ4n) is 4.64. The van der Waals surface area contributed by atoms with E-state index in [1.807, 2.05) is 0 Å². The molecule has 1 heterocycles. The molecule has 110 valence electrons. The van der Waals surface area contributed by atoms with Crippen molar-refractivity contribution in [3.8, 4) is 0 Å². The van der Waals surface area contributed by atoms with E-state index in [0.29, 0.717) is 5.60 Å². The number of hydrogen-bond acceptors (Lipinski definition) is 2. The highest BCUT2D eigenvalue weighted by atomic mass is 16.5. The average molecular weight is 265 g/mol. The second kappa shape index (κ2) is 6.13. The van der Waals surface area contributed by atoms with Crippen molar-refractivity contribution in [2.45, 2.75) is 82.8 Å². The van der Waals surface area contributed by atoms with Crippen LogP contribution in [0, 0.1) is 11.8 Å². The first-order valence-corrected chi connectivity index (χ1v) is 8.69. The van der Waals surface area contributed by atoms with Crippen molar-refractivity contribution in [2.24, 2.45) is 11.8 Å². The lowest BCUT2D eigenvalue weighted by atomic mass is 9.69. The number of rotatable bonds is 5. The van der Waals surface area contributed by atoms with Crippen molar-refractivity contribution < 1.29 is 4.74 Å². The van der Waals surface area contributed by atoms with Crippen molar-refractivity contribution in [1.29, 1.82) is 0 Å². The van der Waals surface area contributed by atoms with Crippen LogP contribution in [-0.2, 0) is 4.74 Å². The molecule has 0 bridgehead atoms. The fourth-order valence-corrected chi connectivity index (χ4v) is 4.64. The Balaban J connectivity index is 1.58. The molecule has 2 nitrogen and oxygen atoms in total. The molecular formula is C17H31NO. The van der Waals surface area contributed by atoms with Gasteiger partial charge < -0.3 is 10.1 Å². The summed E-state index contributed by atoms with van der Waals surface area (Å²) in [5.41, 5.74) is 0.312. The van der Waals surface area contributed by atoms with Crippen LogP contribution >= 0.6 is 0 Å². The van der Waals surface area contributed by atoms with Crippen molar-refractivity contribution in [2.75, 3.05) is 13.2 Å². The summed E-state index contributed by atoms with van der Waals surface area (Å²) in [7, 11) is 0. The molecule has 0 aromatic carbocycles. The van der Waals surface area contributed by atoms with Crippen LogP contribution in [0.1, 0.15) is 71.1 Å². The lowest BCUT2D eigenvalue weighted by Gasteiger charge is -2.49. The molecule has 2 heteroatoms. The third kappa shape index (κ3) is 3.16. The van der Waals surface area contributed by atoms with E-state index in [1.165, 1.54) is 64.2 Å². The first kappa shape index (κ1) is 13.9. The minimum Gasteiger partial charge on any atom is -0.375 e. The van der Waals surface area contributed by atoms with Gasteiger partial charge >= 0.3 is 0 Å². The Morgan fingerprint density at radius 3 is 2.58 bits per heavy atom. The first-order valence-electron chi connectivity index (χ1n) is 8.69. The molecule has 1 N–H and O–H groups in total. The van der Waals surface area contributed by atoms with Crippen molar-refractivity contribution in [3.63, 3.8) is 0 Å². The largest absolute Gasteiger partial charge is 0.375 e. The molecule has 0 radical (unpaired) electrons. The molecular weight excluding hydrogens is 234 g/mol. The fraction of sp³-hybridized carbons (Fsp3) is 1.00. The summed E-state index contributed by atoms with van der Waals surface area (Å²) in [6, 6.07) is 0.759. The molecule has 1 spiro atoms. The molecule has 1 saturated heterocycles. The van der Waals surface area contributed by atoms with Crippen LogP contribution in [0.5, 0.6) is 0 Å². The molecule has 0 aromatic heterocycles. The molecule has 19 heavy (non-hydrogen) atoms. The van der Waals surface area contributed by atoms with Gasteiger partial charge in [-0.1, -0.05) is 32.6 Å². The zero-order valence-corrected chi connectivity index (χ0v) is 12.6. The van der Waals surface area contributed by atoms with Crippen molar-refractivity contribution in [1.82, 2.24) is 5.32 Å². The van der Waals surface area contributed by atoms with Gasteiger partial charge in [0, 0.05) is 12.6 Å². The van der Waals surface area contributed by atoms with Gasteiger partial charge in [-0.25, -0.2) is 0 Å². The second-order valence-corrected chi connectivity index (χ2v) is 7.19. The summed E-state index contributed by atoms with van der Waals surface area (Å²) < 4.78 is 6.10. The molecule has 2 aliphatic carbocycles. The average Bonchev–Trinajstić information content (AvgIpc) is 2.90. The van der Waals surface area contributed by atoms with E-state index in [2.05, 4.69) is 12.2 Å². The maximum atomic E-state index is 6.10. The monoisotopic (exact) mass is 265 g/mol. The summed E-state index contributed by atoms with van der Waals surface area (Å²) in [5, 5.41) is 3.81. The van der Waals surface area contributed by atoms with Gasteiger partial charge in [0.25, 0.3) is 0 Å². The predicted octanol–water partition coefficient (Wildman–Crippen LogP) is 3.89. The molecule has 2 saturated carbocycles. The Bertz CT molecular complexity index is 281. The maximum Gasteiger partial charge on any atom is 0.0685 e. The highest BCUT2D eigenvalue weighted by Crippen LogP contribution is 2.46. The normalized spacial score (nSPS) is 32.4. The van der Waals surface area contributed by atoms with Gasteiger partial charge in [0.1, 0.15) is 0 Å². The topological polar surface area (TPSA) is 21.3 Å². The second-order valence-electron chi connectivity index (χ2n) is 7.19.